The maximum Gasteiger partial charge on any atom is 0.117 e. The summed E-state index contributed by atoms with van der Waals surface area (Å²) in [4.78, 5) is 0. The van der Waals surface area contributed by atoms with Crippen molar-refractivity contribution in [2.45, 2.75) is 34.2 Å². The zero-order valence-corrected chi connectivity index (χ0v) is 9.63. The molecular weight excluding hydrogens is 174 g/mol. The van der Waals surface area contributed by atoms with Crippen LogP contribution in [0.15, 0.2) is 22.8 Å². The van der Waals surface area contributed by atoms with Crippen LogP contribution in [0.2, 0.25) is 0 Å². The SMILES string of the molecule is CC(C)C(C)(C)CNCc1ccco1. The van der Waals surface area contributed by atoms with Crippen LogP contribution in [0, 0.1) is 11.3 Å². The molecule has 0 unspecified atom stereocenters. The average Bonchev–Trinajstić information content (AvgIpc) is 2.56. The van der Waals surface area contributed by atoms with Crippen molar-refractivity contribution in [2.75, 3.05) is 6.54 Å². The molecule has 0 saturated carbocycles. The summed E-state index contributed by atoms with van der Waals surface area (Å²) < 4.78 is 5.25. The molecule has 0 spiro atoms. The largest absolute Gasteiger partial charge is 0.468 e. The summed E-state index contributed by atoms with van der Waals surface area (Å²) >= 11 is 0. The van der Waals surface area contributed by atoms with Gasteiger partial charge in [-0.1, -0.05) is 27.7 Å². The first kappa shape index (κ1) is 11.3. The Hall–Kier alpha value is -0.760. The summed E-state index contributed by atoms with van der Waals surface area (Å²) in [6, 6.07) is 3.92. The van der Waals surface area contributed by atoms with E-state index in [1.54, 1.807) is 6.26 Å². The lowest BCUT2D eigenvalue weighted by Gasteiger charge is -2.29. The highest BCUT2D eigenvalue weighted by molar-refractivity contribution is 4.97. The minimum Gasteiger partial charge on any atom is -0.468 e. The molecule has 0 radical (unpaired) electrons. The quantitative estimate of drug-likeness (QED) is 0.781. The van der Waals surface area contributed by atoms with Gasteiger partial charge in [0.25, 0.3) is 0 Å². The Morgan fingerprint density at radius 1 is 1.43 bits per heavy atom. The van der Waals surface area contributed by atoms with Gasteiger partial charge in [-0.25, -0.2) is 0 Å². The van der Waals surface area contributed by atoms with Crippen molar-refractivity contribution in [3.63, 3.8) is 0 Å². The van der Waals surface area contributed by atoms with Gasteiger partial charge in [0.1, 0.15) is 5.76 Å². The Kier molecular flexibility index (Phi) is 3.76. The van der Waals surface area contributed by atoms with Gasteiger partial charge in [0.2, 0.25) is 0 Å². The van der Waals surface area contributed by atoms with Crippen LogP contribution in [-0.2, 0) is 6.54 Å². The molecule has 80 valence electrons. The number of furan rings is 1. The standard InChI is InChI=1S/C12H21NO/c1-10(2)12(3,4)9-13-8-11-6-5-7-14-11/h5-7,10,13H,8-9H2,1-4H3. The molecule has 0 aliphatic carbocycles. The second-order valence-electron chi connectivity index (χ2n) is 4.83. The molecule has 1 aromatic heterocycles. The maximum absolute atomic E-state index is 5.25. The van der Waals surface area contributed by atoms with Crippen molar-refractivity contribution in [3.05, 3.63) is 24.2 Å². The van der Waals surface area contributed by atoms with Gasteiger partial charge in [0.15, 0.2) is 0 Å². The molecule has 0 atom stereocenters. The molecule has 2 nitrogen and oxygen atoms in total. The van der Waals surface area contributed by atoms with Crippen molar-refractivity contribution in [1.29, 1.82) is 0 Å². The van der Waals surface area contributed by atoms with Gasteiger partial charge < -0.3 is 9.73 Å². The Morgan fingerprint density at radius 2 is 2.14 bits per heavy atom. The second kappa shape index (κ2) is 4.65. The van der Waals surface area contributed by atoms with Gasteiger partial charge in [-0.2, -0.15) is 0 Å². The smallest absolute Gasteiger partial charge is 0.117 e. The Balaban J connectivity index is 2.28. The summed E-state index contributed by atoms with van der Waals surface area (Å²) in [5.74, 6) is 1.69. The molecule has 1 heterocycles. The molecule has 2 heteroatoms. The van der Waals surface area contributed by atoms with Crippen molar-refractivity contribution in [3.8, 4) is 0 Å². The third kappa shape index (κ3) is 3.18. The average molecular weight is 195 g/mol. The first-order chi connectivity index (χ1) is 6.52. The van der Waals surface area contributed by atoms with E-state index in [1.807, 2.05) is 12.1 Å². The first-order valence-electron chi connectivity index (χ1n) is 5.25. The van der Waals surface area contributed by atoms with Crippen molar-refractivity contribution >= 4 is 0 Å². The molecule has 1 aromatic rings. The summed E-state index contributed by atoms with van der Waals surface area (Å²) in [5, 5.41) is 3.42. The summed E-state index contributed by atoms with van der Waals surface area (Å²) in [6.45, 7) is 10.9. The predicted octanol–water partition coefficient (Wildman–Crippen LogP) is 3.05. The van der Waals surface area contributed by atoms with Gasteiger partial charge in [-0.3, -0.25) is 0 Å². The molecule has 0 saturated heterocycles. The Bertz CT molecular complexity index is 249. The fourth-order valence-corrected chi connectivity index (χ4v) is 1.13. The lowest BCUT2D eigenvalue weighted by Crippen LogP contribution is -2.33. The fraction of sp³-hybridized carbons (Fsp3) is 0.667. The van der Waals surface area contributed by atoms with E-state index in [2.05, 4.69) is 33.0 Å². The van der Waals surface area contributed by atoms with Crippen LogP contribution in [0.1, 0.15) is 33.5 Å². The first-order valence-corrected chi connectivity index (χ1v) is 5.25. The van der Waals surface area contributed by atoms with Crippen LogP contribution in [0.4, 0.5) is 0 Å². The van der Waals surface area contributed by atoms with Crippen LogP contribution in [-0.4, -0.2) is 6.54 Å². The van der Waals surface area contributed by atoms with Crippen LogP contribution in [0.5, 0.6) is 0 Å². The third-order valence-electron chi connectivity index (χ3n) is 3.02. The van der Waals surface area contributed by atoms with Gasteiger partial charge in [0, 0.05) is 6.54 Å². The molecule has 0 aliphatic heterocycles. The van der Waals surface area contributed by atoms with Crippen molar-refractivity contribution < 1.29 is 4.42 Å². The topological polar surface area (TPSA) is 25.2 Å². The Morgan fingerprint density at radius 3 is 2.64 bits per heavy atom. The highest BCUT2D eigenvalue weighted by Crippen LogP contribution is 2.24. The van der Waals surface area contributed by atoms with Crippen molar-refractivity contribution in [1.82, 2.24) is 5.32 Å². The third-order valence-corrected chi connectivity index (χ3v) is 3.02. The summed E-state index contributed by atoms with van der Waals surface area (Å²) in [6.07, 6.45) is 1.71. The Labute approximate surface area is 86.7 Å². The summed E-state index contributed by atoms with van der Waals surface area (Å²) in [5.41, 5.74) is 0.340. The molecule has 0 fully saturated rings. The van der Waals surface area contributed by atoms with E-state index in [4.69, 9.17) is 4.42 Å². The monoisotopic (exact) mass is 195 g/mol. The highest BCUT2D eigenvalue weighted by Gasteiger charge is 2.21. The lowest BCUT2D eigenvalue weighted by atomic mass is 9.81. The number of hydrogen-bond acceptors (Lipinski definition) is 2. The van der Waals surface area contributed by atoms with Gasteiger partial charge >= 0.3 is 0 Å². The van der Waals surface area contributed by atoms with Crippen LogP contribution in [0.25, 0.3) is 0 Å². The summed E-state index contributed by atoms with van der Waals surface area (Å²) in [7, 11) is 0. The molecule has 0 bridgehead atoms. The minimum atomic E-state index is 0.340. The molecule has 0 aliphatic rings. The molecule has 1 rings (SSSR count). The molecular formula is C12H21NO. The van der Waals surface area contributed by atoms with E-state index >= 15 is 0 Å². The molecule has 1 N–H and O–H groups in total. The molecule has 14 heavy (non-hydrogen) atoms. The predicted molar refractivity (Wildman–Crippen MR) is 59.0 cm³/mol. The van der Waals surface area contributed by atoms with Crippen LogP contribution < -0.4 is 5.32 Å². The van der Waals surface area contributed by atoms with E-state index in [0.29, 0.717) is 11.3 Å². The number of nitrogens with one attached hydrogen (secondary N) is 1. The van der Waals surface area contributed by atoms with E-state index in [9.17, 15) is 0 Å². The lowest BCUT2D eigenvalue weighted by molar-refractivity contribution is 0.235. The minimum absolute atomic E-state index is 0.340. The number of rotatable bonds is 5. The van der Waals surface area contributed by atoms with E-state index < -0.39 is 0 Å². The van der Waals surface area contributed by atoms with E-state index in [1.165, 1.54) is 0 Å². The zero-order valence-electron chi connectivity index (χ0n) is 9.63. The van der Waals surface area contributed by atoms with Crippen LogP contribution >= 0.6 is 0 Å². The maximum atomic E-state index is 5.25. The van der Waals surface area contributed by atoms with Gasteiger partial charge in [-0.15, -0.1) is 0 Å². The molecule has 0 amide bonds. The highest BCUT2D eigenvalue weighted by atomic mass is 16.3. The zero-order chi connectivity index (χ0) is 10.6. The van der Waals surface area contributed by atoms with Gasteiger partial charge in [0.05, 0.1) is 12.8 Å². The van der Waals surface area contributed by atoms with E-state index in [0.717, 1.165) is 18.8 Å². The molecule has 0 aromatic carbocycles. The normalized spacial score (nSPS) is 12.4. The van der Waals surface area contributed by atoms with E-state index in [-0.39, 0.29) is 0 Å². The van der Waals surface area contributed by atoms with Gasteiger partial charge in [-0.05, 0) is 23.5 Å². The van der Waals surface area contributed by atoms with Crippen molar-refractivity contribution in [2.24, 2.45) is 11.3 Å². The number of hydrogen-bond donors (Lipinski definition) is 1. The second-order valence-corrected chi connectivity index (χ2v) is 4.83. The van der Waals surface area contributed by atoms with Crippen LogP contribution in [0.3, 0.4) is 0 Å². The fourth-order valence-electron chi connectivity index (χ4n) is 1.13.